The molecule has 0 aromatic carbocycles. The summed E-state index contributed by atoms with van der Waals surface area (Å²) in [5.41, 5.74) is 1.40. The van der Waals surface area contributed by atoms with Crippen molar-refractivity contribution in [1.29, 1.82) is 0 Å². The van der Waals surface area contributed by atoms with E-state index >= 15 is 0 Å². The fraction of sp³-hybridized carbons (Fsp3) is 0.857. The van der Waals surface area contributed by atoms with Crippen molar-refractivity contribution in [3.8, 4) is 0 Å². The van der Waals surface area contributed by atoms with Crippen molar-refractivity contribution < 1.29 is 18.9 Å². The van der Waals surface area contributed by atoms with Crippen LogP contribution in [0.25, 0.3) is 0 Å². The Balaban J connectivity index is 0.00000112. The molecule has 3 unspecified atom stereocenters. The molecule has 0 radical (unpaired) electrons. The van der Waals surface area contributed by atoms with E-state index in [2.05, 4.69) is 19.9 Å². The van der Waals surface area contributed by atoms with Gasteiger partial charge in [0.25, 0.3) is 0 Å². The molecule has 0 aromatic heterocycles. The molecule has 0 aliphatic heterocycles. The first-order chi connectivity index (χ1) is 6.77. The van der Waals surface area contributed by atoms with Crippen LogP contribution in [0.4, 0.5) is 0 Å². The molecule has 2 aliphatic carbocycles. The molecule has 2 fully saturated rings. The normalized spacial score (nSPS) is 34.9. The molecule has 3 atom stereocenters. The summed E-state index contributed by atoms with van der Waals surface area (Å²) >= 11 is 0. The Labute approximate surface area is 107 Å². The summed E-state index contributed by atoms with van der Waals surface area (Å²) < 4.78 is 0. The summed E-state index contributed by atoms with van der Waals surface area (Å²) in [4.78, 5) is 0. The minimum Gasteiger partial charge on any atom is -0.494 e. The average molecular weight is 198 g/mol. The minimum absolute atomic E-state index is 0. The van der Waals surface area contributed by atoms with Crippen LogP contribution in [-0.2, 0) is 0 Å². The van der Waals surface area contributed by atoms with Crippen molar-refractivity contribution in [3.63, 3.8) is 0 Å². The number of hydrogen-bond acceptors (Lipinski definition) is 0. The van der Waals surface area contributed by atoms with E-state index in [0.29, 0.717) is 0 Å². The monoisotopic (exact) mass is 198 g/mol. The summed E-state index contributed by atoms with van der Waals surface area (Å²) in [6.45, 7) is 4.40. The number of allylic oxidation sites excluding steroid dienone is 2. The fourth-order valence-electron chi connectivity index (χ4n) is 3.49. The van der Waals surface area contributed by atoms with Gasteiger partial charge in [0.15, 0.2) is 0 Å². The van der Waals surface area contributed by atoms with Crippen LogP contribution in [0.5, 0.6) is 0 Å². The third-order valence-corrected chi connectivity index (χ3v) is 4.05. The fourth-order valence-corrected chi connectivity index (χ4v) is 3.49. The number of rotatable bonds is 1. The van der Waals surface area contributed by atoms with Crippen molar-refractivity contribution in [3.05, 3.63) is 11.6 Å². The second-order valence-electron chi connectivity index (χ2n) is 5.39. The summed E-state index contributed by atoms with van der Waals surface area (Å²) in [5.74, 6) is 2.85. The van der Waals surface area contributed by atoms with Gasteiger partial charge in [-0.1, -0.05) is 64.7 Å². The predicted octanol–water partition coefficient (Wildman–Crippen LogP) is 1.37. The predicted molar refractivity (Wildman–Crippen MR) is 60.9 cm³/mol. The van der Waals surface area contributed by atoms with Crippen LogP contribution in [0.3, 0.4) is 0 Å². The molecule has 0 nitrogen and oxygen atoms in total. The van der Waals surface area contributed by atoms with Gasteiger partial charge in [0.2, 0.25) is 0 Å². The Morgan fingerprint density at radius 1 is 0.933 bits per heavy atom. The Morgan fingerprint density at radius 2 is 1.60 bits per heavy atom. The van der Waals surface area contributed by atoms with E-state index < -0.39 is 0 Å². The van der Waals surface area contributed by atoms with Gasteiger partial charge in [-0.2, -0.15) is 5.92 Å². The first-order valence-electron chi connectivity index (χ1n) is 6.34. The third kappa shape index (κ3) is 3.40. The molecular weight excluding hydrogens is 175 g/mol. The van der Waals surface area contributed by atoms with E-state index in [1.54, 1.807) is 0 Å². The molecule has 0 spiro atoms. The van der Waals surface area contributed by atoms with Crippen molar-refractivity contribution >= 4 is 0 Å². The van der Waals surface area contributed by atoms with E-state index in [1.807, 2.05) is 0 Å². The number of hydrogen-bond donors (Lipinski definition) is 0. The average Bonchev–Trinajstić information content (AvgIpc) is 2.18. The van der Waals surface area contributed by atoms with Gasteiger partial charge in [-0.3, -0.25) is 5.57 Å². The summed E-state index contributed by atoms with van der Waals surface area (Å²) in [6, 6.07) is 0. The molecule has 0 heterocycles. The quantitative estimate of drug-likeness (QED) is 0.441. The maximum atomic E-state index is 3.70. The van der Waals surface area contributed by atoms with Crippen molar-refractivity contribution in [2.24, 2.45) is 17.8 Å². The molecule has 2 aliphatic rings. The molecule has 0 aromatic rings. The van der Waals surface area contributed by atoms with Crippen molar-refractivity contribution in [1.82, 2.24) is 0 Å². The van der Waals surface area contributed by atoms with Gasteiger partial charge >= 0.3 is 18.9 Å². The van der Waals surface area contributed by atoms with E-state index in [9.17, 15) is 0 Å². The minimum atomic E-state index is 0. The molecule has 0 bridgehead atoms. The first-order valence-corrected chi connectivity index (χ1v) is 6.34. The van der Waals surface area contributed by atoms with Crippen LogP contribution < -0.4 is 18.9 Å². The van der Waals surface area contributed by atoms with Gasteiger partial charge in [-0.05, 0) is 5.92 Å². The Kier molecular flexibility index (Phi) is 5.51. The van der Waals surface area contributed by atoms with E-state index in [4.69, 9.17) is 0 Å². The van der Waals surface area contributed by atoms with Gasteiger partial charge in [0.1, 0.15) is 0 Å². The zero-order valence-corrected chi connectivity index (χ0v) is 10.7. The van der Waals surface area contributed by atoms with Crippen molar-refractivity contribution in [2.45, 2.75) is 58.8 Å². The zero-order chi connectivity index (χ0) is 9.97. The van der Waals surface area contributed by atoms with Gasteiger partial charge in [-0.25, -0.2) is 0 Å². The van der Waals surface area contributed by atoms with Gasteiger partial charge < -0.3 is 6.08 Å². The third-order valence-electron chi connectivity index (χ3n) is 4.05. The van der Waals surface area contributed by atoms with Crippen LogP contribution in [0.1, 0.15) is 58.8 Å². The van der Waals surface area contributed by atoms with Crippen LogP contribution in [-0.4, -0.2) is 0 Å². The van der Waals surface area contributed by atoms with Crippen molar-refractivity contribution in [2.75, 3.05) is 0 Å². The molecule has 80 valence electrons. The Hall–Kier alpha value is 0.337. The topological polar surface area (TPSA) is 0 Å². The summed E-state index contributed by atoms with van der Waals surface area (Å²) in [7, 11) is 0. The Morgan fingerprint density at radius 3 is 2.33 bits per heavy atom. The first kappa shape index (κ1) is 13.4. The maximum absolute atomic E-state index is 3.70. The van der Waals surface area contributed by atoms with Gasteiger partial charge in [0.05, 0.1) is 0 Å². The second-order valence-corrected chi connectivity index (χ2v) is 5.39. The summed E-state index contributed by atoms with van der Waals surface area (Å²) in [6.07, 6.45) is 14.0. The molecule has 2 saturated carbocycles. The molecule has 15 heavy (non-hydrogen) atoms. The van der Waals surface area contributed by atoms with Crippen LogP contribution in [0, 0.1) is 23.8 Å². The molecular formula is C14H23Li. The largest absolute Gasteiger partial charge is 1.00 e. The Bertz CT molecular complexity index is 213. The second kappa shape index (κ2) is 6.17. The van der Waals surface area contributed by atoms with Crippen LogP contribution >= 0.6 is 0 Å². The van der Waals surface area contributed by atoms with E-state index in [-0.39, 0.29) is 18.9 Å². The van der Waals surface area contributed by atoms with Crippen LogP contribution in [0.15, 0.2) is 5.57 Å². The number of fused-ring (bicyclic) bond motifs is 1. The molecule has 0 saturated heterocycles. The molecule has 2 rings (SSSR count). The zero-order valence-electron chi connectivity index (χ0n) is 10.7. The van der Waals surface area contributed by atoms with E-state index in [0.717, 1.165) is 17.8 Å². The standard InChI is InChI=1S/C14H23.Li/c1-11(2)10-13-8-5-7-12-6-3-4-9-14(12)13;/h12-14H,3-9H2,1-2H3;/q-1;+1. The van der Waals surface area contributed by atoms with E-state index in [1.165, 1.54) is 50.5 Å². The molecule has 0 amide bonds. The maximum Gasteiger partial charge on any atom is 1.00 e. The molecule has 1 heteroatoms. The molecule has 0 N–H and O–H groups in total. The van der Waals surface area contributed by atoms with Crippen LogP contribution in [0.2, 0.25) is 0 Å². The van der Waals surface area contributed by atoms with Gasteiger partial charge in [0, 0.05) is 0 Å². The SMILES string of the molecule is CC(C)=[C-]C1CCCC2CCCCC12.[Li+]. The van der Waals surface area contributed by atoms with Gasteiger partial charge in [-0.15, -0.1) is 0 Å². The summed E-state index contributed by atoms with van der Waals surface area (Å²) in [5, 5.41) is 0. The smallest absolute Gasteiger partial charge is 0.494 e.